The molecule has 0 radical (unpaired) electrons. The van der Waals surface area contributed by atoms with E-state index in [0.717, 1.165) is 16.8 Å². The number of nitrogens with zero attached hydrogens (tertiary/aromatic N) is 1. The Bertz CT molecular complexity index is 1740. The first-order chi connectivity index (χ1) is 19.7. The monoisotopic (exact) mass is 442 g/mol. The summed E-state index contributed by atoms with van der Waals surface area (Å²) >= 11 is 0. The largest absolute Gasteiger partial charge is 0.213 e. The van der Waals surface area contributed by atoms with Crippen LogP contribution in [0.15, 0.2) is 72.9 Å². The number of rotatable bonds is 3. The molecule has 0 aliphatic heterocycles. The highest BCUT2D eigenvalue weighted by Gasteiger charge is 2.36. The molecule has 3 aromatic carbocycles. The Morgan fingerprint density at radius 1 is 0.879 bits per heavy atom. The first kappa shape index (κ1) is 12.9. The maximum absolute atomic E-state index is 8.63. The predicted octanol–water partition coefficient (Wildman–Crippen LogP) is 7.89. The van der Waals surface area contributed by atoms with Gasteiger partial charge in [-0.1, -0.05) is 76.1 Å². The van der Waals surface area contributed by atoms with Crippen LogP contribution < -0.4 is 4.57 Å². The van der Waals surface area contributed by atoms with Crippen molar-refractivity contribution in [1.29, 1.82) is 0 Å². The molecule has 1 aliphatic carbocycles. The van der Waals surface area contributed by atoms with E-state index in [4.69, 9.17) is 13.7 Å². The molecule has 0 amide bonds. The van der Waals surface area contributed by atoms with Crippen LogP contribution in [0.4, 0.5) is 0 Å². The molecule has 0 fully saturated rings. The van der Waals surface area contributed by atoms with Crippen LogP contribution in [0.25, 0.3) is 33.5 Å². The molecular formula is C32H34N+. The fourth-order valence-electron chi connectivity index (χ4n) is 4.95. The molecule has 0 spiro atoms. The minimum Gasteiger partial charge on any atom is -0.201 e. The second-order valence-electron chi connectivity index (χ2n) is 9.18. The van der Waals surface area contributed by atoms with Gasteiger partial charge in [-0.05, 0) is 76.3 Å². The molecule has 166 valence electrons. The summed E-state index contributed by atoms with van der Waals surface area (Å²) in [6.45, 7) is -2.68. The van der Waals surface area contributed by atoms with Crippen molar-refractivity contribution in [1.82, 2.24) is 0 Å². The predicted molar refractivity (Wildman–Crippen MR) is 140 cm³/mol. The summed E-state index contributed by atoms with van der Waals surface area (Å²) in [5.74, 6) is -1.95. The number of benzene rings is 3. The van der Waals surface area contributed by atoms with Crippen LogP contribution in [0.5, 0.6) is 0 Å². The van der Waals surface area contributed by atoms with Crippen LogP contribution in [0, 0.1) is 13.8 Å². The van der Waals surface area contributed by atoms with E-state index in [1.165, 1.54) is 6.92 Å². The number of hydrogen-bond donors (Lipinski definition) is 0. The van der Waals surface area contributed by atoms with Gasteiger partial charge in [0.15, 0.2) is 6.20 Å². The van der Waals surface area contributed by atoms with Gasteiger partial charge in [-0.25, -0.2) is 4.57 Å². The minimum atomic E-state index is -2.62. The van der Waals surface area contributed by atoms with Crippen molar-refractivity contribution in [2.45, 2.75) is 52.6 Å². The summed E-state index contributed by atoms with van der Waals surface area (Å²) in [5.41, 5.74) is 4.91. The van der Waals surface area contributed by atoms with Crippen molar-refractivity contribution >= 4 is 0 Å². The first-order valence-electron chi connectivity index (χ1n) is 16.1. The van der Waals surface area contributed by atoms with E-state index in [1.54, 1.807) is 42.0 Å². The van der Waals surface area contributed by atoms with Crippen LogP contribution in [-0.4, -0.2) is 0 Å². The fraction of sp³-hybridized carbons (Fsp3) is 0.281. The molecular weight excluding hydrogens is 398 g/mol. The standard InChI is InChI=1S/C32H34N/c1-20(2)23-12-14-26-27-15-13-24(17-30(27)32(5,6)29(26)16-23)28-18-31(33(7)19-22(28)4)25-11-9-8-10-21(25)3/h8-20H,1-7H3/q+1/i1D3,4D3,5D3,20D. The molecule has 0 bridgehead atoms. The molecule has 33 heavy (non-hydrogen) atoms. The summed E-state index contributed by atoms with van der Waals surface area (Å²) in [6.07, 6.45) is 1.62. The Morgan fingerprint density at radius 3 is 2.36 bits per heavy atom. The third-order valence-electron chi connectivity index (χ3n) is 6.85. The molecule has 1 aliphatic rings. The van der Waals surface area contributed by atoms with Crippen molar-refractivity contribution < 1.29 is 18.3 Å². The Kier molecular flexibility index (Phi) is 3.01. The van der Waals surface area contributed by atoms with E-state index in [9.17, 15) is 0 Å². The average Bonchev–Trinajstić information content (AvgIpc) is 3.16. The normalized spacial score (nSPS) is 24.1. The first-order valence-corrected chi connectivity index (χ1v) is 11.1. The van der Waals surface area contributed by atoms with Crippen LogP contribution in [0.2, 0.25) is 0 Å². The van der Waals surface area contributed by atoms with Crippen LogP contribution >= 0.6 is 0 Å². The highest BCUT2D eigenvalue weighted by atomic mass is 14.9. The third-order valence-corrected chi connectivity index (χ3v) is 6.85. The summed E-state index contributed by atoms with van der Waals surface area (Å²) < 4.78 is 85.0. The molecule has 1 heterocycles. The number of pyridine rings is 1. The smallest absolute Gasteiger partial charge is 0.201 e. The molecule has 0 saturated carbocycles. The van der Waals surface area contributed by atoms with E-state index >= 15 is 0 Å². The molecule has 1 heteroatoms. The van der Waals surface area contributed by atoms with E-state index < -0.39 is 31.9 Å². The van der Waals surface area contributed by atoms with Crippen LogP contribution in [0.1, 0.15) is 75.0 Å². The Hall–Kier alpha value is -3.19. The molecule has 4 aromatic rings. The number of aryl methyl sites for hydroxylation is 3. The highest BCUT2D eigenvalue weighted by Crippen LogP contribution is 2.50. The van der Waals surface area contributed by atoms with Crippen molar-refractivity contribution in [3.8, 4) is 33.5 Å². The maximum atomic E-state index is 8.63. The SMILES string of the molecule is [2H]C([2H])([2H])c1c[n+](C)c(-c2ccccc2C)cc1-c1ccc2c(c1)C(C)(C([2H])([2H])[2H])c1cc(C([2H])(C)C([2H])([2H])[2H])ccc1-2. The van der Waals surface area contributed by atoms with Gasteiger partial charge in [-0.15, -0.1) is 0 Å². The van der Waals surface area contributed by atoms with Crippen molar-refractivity contribution in [2.24, 2.45) is 7.05 Å². The van der Waals surface area contributed by atoms with Gasteiger partial charge in [0.05, 0.1) is 0 Å². The quantitative estimate of drug-likeness (QED) is 0.284. The van der Waals surface area contributed by atoms with E-state index in [2.05, 4.69) is 0 Å². The molecule has 2 unspecified atom stereocenters. The Labute approximate surface area is 212 Å². The molecule has 0 saturated heterocycles. The zero-order valence-electron chi connectivity index (χ0n) is 29.4. The minimum absolute atomic E-state index is 0.142. The summed E-state index contributed by atoms with van der Waals surface area (Å²) in [7, 11) is 1.81. The average molecular weight is 443 g/mol. The summed E-state index contributed by atoms with van der Waals surface area (Å²) in [6, 6.07) is 19.9. The lowest BCUT2D eigenvalue weighted by molar-refractivity contribution is -0.660. The van der Waals surface area contributed by atoms with Gasteiger partial charge in [0.2, 0.25) is 5.69 Å². The molecule has 1 aromatic heterocycles. The van der Waals surface area contributed by atoms with E-state index in [-0.39, 0.29) is 11.1 Å². The van der Waals surface area contributed by atoms with Gasteiger partial charge in [0, 0.05) is 36.3 Å². The zero-order chi connectivity index (χ0) is 31.9. The lowest BCUT2D eigenvalue weighted by atomic mass is 9.80. The van der Waals surface area contributed by atoms with Gasteiger partial charge < -0.3 is 0 Å². The number of aromatic nitrogens is 1. The van der Waals surface area contributed by atoms with Crippen LogP contribution in [-0.2, 0) is 12.5 Å². The van der Waals surface area contributed by atoms with Crippen molar-refractivity contribution in [3.63, 3.8) is 0 Å². The highest BCUT2D eigenvalue weighted by molar-refractivity contribution is 5.84. The Balaban J connectivity index is 1.77. The third kappa shape index (κ3) is 3.42. The van der Waals surface area contributed by atoms with Gasteiger partial charge in [-0.2, -0.15) is 0 Å². The van der Waals surface area contributed by atoms with E-state index in [0.29, 0.717) is 33.4 Å². The lowest BCUT2D eigenvalue weighted by Gasteiger charge is -2.23. The van der Waals surface area contributed by atoms with Gasteiger partial charge in [-0.3, -0.25) is 0 Å². The lowest BCUT2D eigenvalue weighted by Crippen LogP contribution is -2.31. The van der Waals surface area contributed by atoms with Crippen molar-refractivity contribution in [3.05, 3.63) is 101 Å². The van der Waals surface area contributed by atoms with E-state index in [1.807, 2.05) is 56.4 Å². The fourth-order valence-corrected chi connectivity index (χ4v) is 4.95. The Morgan fingerprint density at radius 2 is 1.64 bits per heavy atom. The summed E-state index contributed by atoms with van der Waals surface area (Å²) in [5, 5.41) is 0. The zero-order valence-corrected chi connectivity index (χ0v) is 19.4. The second-order valence-corrected chi connectivity index (χ2v) is 9.18. The second kappa shape index (κ2) is 7.70. The number of fused-ring (bicyclic) bond motifs is 3. The topological polar surface area (TPSA) is 3.88 Å². The van der Waals surface area contributed by atoms with Crippen molar-refractivity contribution in [2.75, 3.05) is 0 Å². The van der Waals surface area contributed by atoms with Gasteiger partial charge in [0.1, 0.15) is 7.05 Å². The maximum Gasteiger partial charge on any atom is 0.213 e. The molecule has 5 rings (SSSR count). The van der Waals surface area contributed by atoms with Gasteiger partial charge >= 0.3 is 0 Å². The number of hydrogen-bond acceptors (Lipinski definition) is 0. The van der Waals surface area contributed by atoms with Gasteiger partial charge in [0.25, 0.3) is 0 Å². The van der Waals surface area contributed by atoms with Crippen LogP contribution in [0.3, 0.4) is 0 Å². The molecule has 1 nitrogen and oxygen atoms in total. The molecule has 0 N–H and O–H groups in total. The summed E-state index contributed by atoms with van der Waals surface area (Å²) in [4.78, 5) is 0. The molecule has 2 atom stereocenters.